The molecule has 2 amide bonds. The third-order valence-electron chi connectivity index (χ3n) is 2.86. The Morgan fingerprint density at radius 3 is 2.68 bits per heavy atom. The molecule has 0 aliphatic carbocycles. The van der Waals surface area contributed by atoms with Crippen molar-refractivity contribution in [3.05, 3.63) is 34.3 Å². The van der Waals surface area contributed by atoms with Crippen LogP contribution in [0.1, 0.15) is 31.9 Å². The van der Waals surface area contributed by atoms with E-state index < -0.39 is 0 Å². The van der Waals surface area contributed by atoms with Crippen LogP contribution in [0.4, 0.5) is 4.79 Å². The summed E-state index contributed by atoms with van der Waals surface area (Å²) in [4.78, 5) is 13.7. The molecule has 1 rings (SSSR count). The summed E-state index contributed by atoms with van der Waals surface area (Å²) in [6.07, 6.45) is 0.872. The van der Waals surface area contributed by atoms with Crippen LogP contribution in [-0.4, -0.2) is 35.7 Å². The molecule has 0 fully saturated rings. The number of rotatable bonds is 6. The predicted octanol–water partition coefficient (Wildman–Crippen LogP) is 2.92. The first kappa shape index (κ1) is 16.0. The van der Waals surface area contributed by atoms with Crippen molar-refractivity contribution in [3.8, 4) is 0 Å². The van der Waals surface area contributed by atoms with Crippen molar-refractivity contribution in [1.29, 1.82) is 0 Å². The lowest BCUT2D eigenvalue weighted by Crippen LogP contribution is -2.42. The molecule has 0 aliphatic rings. The largest absolute Gasteiger partial charge is 0.395 e. The minimum absolute atomic E-state index is 0.0170. The molecule has 0 saturated carbocycles. The van der Waals surface area contributed by atoms with Crippen LogP contribution in [0.5, 0.6) is 0 Å². The molecule has 19 heavy (non-hydrogen) atoms. The Bertz CT molecular complexity index is 406. The van der Waals surface area contributed by atoms with Crippen LogP contribution in [0.2, 0.25) is 0 Å². The third-order valence-corrected chi connectivity index (χ3v) is 3.58. The summed E-state index contributed by atoms with van der Waals surface area (Å²) >= 11 is 3.48. The summed E-state index contributed by atoms with van der Waals surface area (Å²) in [5.74, 6) is 0. The van der Waals surface area contributed by atoms with E-state index in [1.807, 2.05) is 38.1 Å². The Morgan fingerprint density at radius 2 is 2.11 bits per heavy atom. The number of halogens is 1. The second-order valence-corrected chi connectivity index (χ2v) is 5.26. The number of nitrogens with one attached hydrogen (secondary N) is 1. The molecule has 4 nitrogen and oxygen atoms in total. The number of hydrogen-bond donors (Lipinski definition) is 2. The van der Waals surface area contributed by atoms with Crippen LogP contribution in [0.25, 0.3) is 0 Å². The van der Waals surface area contributed by atoms with Crippen molar-refractivity contribution in [2.24, 2.45) is 0 Å². The maximum Gasteiger partial charge on any atom is 0.317 e. The number of amides is 2. The fourth-order valence-corrected chi connectivity index (χ4v) is 2.51. The van der Waals surface area contributed by atoms with Gasteiger partial charge >= 0.3 is 6.03 Å². The first-order valence-electron chi connectivity index (χ1n) is 6.50. The van der Waals surface area contributed by atoms with Gasteiger partial charge in [-0.25, -0.2) is 4.79 Å². The number of carbonyl (C=O) groups excluding carboxylic acids is 1. The normalized spacial score (nSPS) is 12.0. The SMILES string of the molecule is CCCN(CCO)C(=O)NC(C)c1ccccc1Br. The van der Waals surface area contributed by atoms with Crippen molar-refractivity contribution in [2.45, 2.75) is 26.3 Å². The Kier molecular flexibility index (Phi) is 6.87. The van der Waals surface area contributed by atoms with Crippen LogP contribution < -0.4 is 5.32 Å². The molecule has 0 bridgehead atoms. The van der Waals surface area contributed by atoms with Gasteiger partial charge in [0.15, 0.2) is 0 Å². The van der Waals surface area contributed by atoms with Gasteiger partial charge < -0.3 is 15.3 Å². The summed E-state index contributed by atoms with van der Waals surface area (Å²) in [5.41, 5.74) is 1.04. The standard InChI is InChI=1S/C14H21BrN2O2/c1-3-8-17(9-10-18)14(19)16-11(2)12-6-4-5-7-13(12)15/h4-7,11,18H,3,8-10H2,1-2H3,(H,16,19). The number of hydrogen-bond acceptors (Lipinski definition) is 2. The Balaban J connectivity index is 2.67. The van der Waals surface area contributed by atoms with Crippen molar-refractivity contribution in [3.63, 3.8) is 0 Å². The van der Waals surface area contributed by atoms with Gasteiger partial charge in [-0.15, -0.1) is 0 Å². The van der Waals surface area contributed by atoms with E-state index in [1.54, 1.807) is 4.90 Å². The molecule has 0 radical (unpaired) electrons. The van der Waals surface area contributed by atoms with Crippen LogP contribution in [0, 0.1) is 0 Å². The van der Waals surface area contributed by atoms with E-state index in [2.05, 4.69) is 21.2 Å². The molecule has 1 unspecified atom stereocenters. The number of aliphatic hydroxyl groups excluding tert-OH is 1. The highest BCUT2D eigenvalue weighted by Crippen LogP contribution is 2.22. The fourth-order valence-electron chi connectivity index (χ4n) is 1.89. The predicted molar refractivity (Wildman–Crippen MR) is 80.0 cm³/mol. The summed E-state index contributed by atoms with van der Waals surface area (Å²) in [7, 11) is 0. The molecule has 0 aromatic heterocycles. The van der Waals surface area contributed by atoms with E-state index in [-0.39, 0.29) is 18.7 Å². The lowest BCUT2D eigenvalue weighted by molar-refractivity contribution is 0.174. The van der Waals surface area contributed by atoms with Gasteiger partial charge in [0.1, 0.15) is 0 Å². The van der Waals surface area contributed by atoms with E-state index >= 15 is 0 Å². The van der Waals surface area contributed by atoms with Gasteiger partial charge in [-0.2, -0.15) is 0 Å². The smallest absolute Gasteiger partial charge is 0.317 e. The van der Waals surface area contributed by atoms with Gasteiger partial charge in [0.25, 0.3) is 0 Å². The summed E-state index contributed by atoms with van der Waals surface area (Å²) < 4.78 is 0.979. The topological polar surface area (TPSA) is 52.6 Å². The first-order chi connectivity index (χ1) is 9.10. The van der Waals surface area contributed by atoms with E-state index in [1.165, 1.54) is 0 Å². The molecule has 0 aliphatic heterocycles. The average Bonchev–Trinajstić information content (AvgIpc) is 2.38. The summed E-state index contributed by atoms with van der Waals surface area (Å²) in [6.45, 7) is 4.95. The number of carbonyl (C=O) groups is 1. The second kappa shape index (κ2) is 8.17. The Hall–Kier alpha value is -1.07. The number of urea groups is 1. The third kappa shape index (κ3) is 4.84. The number of benzene rings is 1. The molecular formula is C14H21BrN2O2. The van der Waals surface area contributed by atoms with Gasteiger partial charge in [0.05, 0.1) is 12.6 Å². The zero-order valence-corrected chi connectivity index (χ0v) is 13.0. The van der Waals surface area contributed by atoms with Crippen LogP contribution >= 0.6 is 15.9 Å². The highest BCUT2D eigenvalue weighted by atomic mass is 79.9. The maximum absolute atomic E-state index is 12.1. The van der Waals surface area contributed by atoms with Crippen molar-refractivity contribution < 1.29 is 9.90 Å². The van der Waals surface area contributed by atoms with Gasteiger partial charge in [-0.3, -0.25) is 0 Å². The average molecular weight is 329 g/mol. The highest BCUT2D eigenvalue weighted by molar-refractivity contribution is 9.10. The van der Waals surface area contributed by atoms with E-state index in [9.17, 15) is 4.79 Å². The van der Waals surface area contributed by atoms with Gasteiger partial charge in [0.2, 0.25) is 0 Å². The molecule has 106 valence electrons. The fraction of sp³-hybridized carbons (Fsp3) is 0.500. The van der Waals surface area contributed by atoms with Gasteiger partial charge in [-0.1, -0.05) is 41.1 Å². The molecule has 1 aromatic rings. The molecule has 5 heteroatoms. The molecule has 2 N–H and O–H groups in total. The zero-order valence-electron chi connectivity index (χ0n) is 11.4. The molecule has 1 atom stereocenters. The lowest BCUT2D eigenvalue weighted by atomic mass is 10.1. The maximum atomic E-state index is 12.1. The van der Waals surface area contributed by atoms with Gasteiger partial charge in [-0.05, 0) is 25.0 Å². The molecule has 0 spiro atoms. The zero-order chi connectivity index (χ0) is 14.3. The van der Waals surface area contributed by atoms with E-state index in [4.69, 9.17) is 5.11 Å². The van der Waals surface area contributed by atoms with Crippen LogP contribution in [-0.2, 0) is 0 Å². The molecule has 0 heterocycles. The Morgan fingerprint density at radius 1 is 1.42 bits per heavy atom. The Labute approximate surface area is 122 Å². The number of aliphatic hydroxyl groups is 1. The van der Waals surface area contributed by atoms with Crippen molar-refractivity contribution in [2.75, 3.05) is 19.7 Å². The molecule has 1 aromatic carbocycles. The minimum atomic E-state index is -0.140. The van der Waals surface area contributed by atoms with Crippen LogP contribution in [0.3, 0.4) is 0 Å². The first-order valence-corrected chi connectivity index (χ1v) is 7.30. The quantitative estimate of drug-likeness (QED) is 0.843. The number of nitrogens with zero attached hydrogens (tertiary/aromatic N) is 1. The highest BCUT2D eigenvalue weighted by Gasteiger charge is 2.16. The molecule has 0 saturated heterocycles. The van der Waals surface area contributed by atoms with E-state index in [0.717, 1.165) is 16.5 Å². The van der Waals surface area contributed by atoms with E-state index in [0.29, 0.717) is 13.1 Å². The molecular weight excluding hydrogens is 308 g/mol. The lowest BCUT2D eigenvalue weighted by Gasteiger charge is -2.24. The summed E-state index contributed by atoms with van der Waals surface area (Å²) in [6, 6.07) is 7.60. The minimum Gasteiger partial charge on any atom is -0.395 e. The van der Waals surface area contributed by atoms with Crippen molar-refractivity contribution >= 4 is 22.0 Å². The van der Waals surface area contributed by atoms with Gasteiger partial charge in [0, 0.05) is 17.6 Å². The van der Waals surface area contributed by atoms with Crippen molar-refractivity contribution in [1.82, 2.24) is 10.2 Å². The monoisotopic (exact) mass is 328 g/mol. The van der Waals surface area contributed by atoms with Crippen LogP contribution in [0.15, 0.2) is 28.7 Å². The summed E-state index contributed by atoms with van der Waals surface area (Å²) in [5, 5.41) is 11.9. The second-order valence-electron chi connectivity index (χ2n) is 4.40.